The molecular weight excluding hydrogens is 584 g/mol. The lowest BCUT2D eigenvalue weighted by atomic mass is 9.98. The molecule has 0 aliphatic carbocycles. The molecule has 12 heteroatoms. The largest absolute Gasteiger partial charge is 0.482 e. The highest BCUT2D eigenvalue weighted by molar-refractivity contribution is 7.98. The highest BCUT2D eigenvalue weighted by Crippen LogP contribution is 2.36. The molecule has 1 heterocycles. The van der Waals surface area contributed by atoms with E-state index in [1.807, 2.05) is 13.0 Å². The van der Waals surface area contributed by atoms with Crippen LogP contribution in [0.5, 0.6) is 5.75 Å². The number of carbonyl (C=O) groups excluding carboxylic acids is 1. The number of aromatic nitrogens is 1. The Hall–Kier alpha value is -3.93. The van der Waals surface area contributed by atoms with Crippen LogP contribution in [0.4, 0.5) is 26.3 Å². The molecule has 0 N–H and O–H groups in total. The fourth-order valence-electron chi connectivity index (χ4n) is 4.06. The van der Waals surface area contributed by atoms with Gasteiger partial charge in [-0.2, -0.15) is 26.3 Å². The maximum Gasteiger partial charge on any atom is 0.416 e. The third-order valence-corrected chi connectivity index (χ3v) is 7.18. The van der Waals surface area contributed by atoms with Crippen molar-refractivity contribution in [3.8, 4) is 17.1 Å². The summed E-state index contributed by atoms with van der Waals surface area (Å²) in [5.74, 6) is 0.577. The maximum atomic E-state index is 13.1. The molecule has 0 amide bonds. The Balaban J connectivity index is 1.57. The molecule has 222 valence electrons. The highest BCUT2D eigenvalue weighted by atomic mass is 32.2. The van der Waals surface area contributed by atoms with Gasteiger partial charge in [0.15, 0.2) is 12.4 Å². The Morgan fingerprint density at radius 2 is 1.52 bits per heavy atom. The molecule has 0 unspecified atom stereocenters. The number of benzene rings is 3. The summed E-state index contributed by atoms with van der Waals surface area (Å²) in [5.41, 5.74) is 1.11. The number of rotatable bonds is 10. The van der Waals surface area contributed by atoms with E-state index >= 15 is 0 Å². The Morgan fingerprint density at radius 1 is 0.905 bits per heavy atom. The van der Waals surface area contributed by atoms with Crippen LogP contribution in [0.1, 0.15) is 40.4 Å². The number of halogens is 6. The van der Waals surface area contributed by atoms with Gasteiger partial charge >= 0.3 is 18.3 Å². The van der Waals surface area contributed by atoms with Crippen molar-refractivity contribution in [2.24, 2.45) is 0 Å². The molecule has 42 heavy (non-hydrogen) atoms. The summed E-state index contributed by atoms with van der Waals surface area (Å²) in [7, 11) is 0. The van der Waals surface area contributed by atoms with Crippen molar-refractivity contribution in [1.29, 1.82) is 0 Å². The number of carbonyl (C=O) groups is 1. The van der Waals surface area contributed by atoms with Gasteiger partial charge in [-0.25, -0.2) is 4.79 Å². The normalized spacial score (nSPS) is 11.9. The first-order valence-corrected chi connectivity index (χ1v) is 13.7. The van der Waals surface area contributed by atoms with Gasteiger partial charge < -0.3 is 14.0 Å². The van der Waals surface area contributed by atoms with Crippen LogP contribution in [-0.2, 0) is 34.1 Å². The lowest BCUT2D eigenvalue weighted by Gasteiger charge is -2.11. The van der Waals surface area contributed by atoms with Gasteiger partial charge in [-0.3, -0.25) is 0 Å². The number of esters is 1. The minimum Gasteiger partial charge on any atom is -0.482 e. The number of aryl methyl sites for hydroxylation is 1. The second-order valence-electron chi connectivity index (χ2n) is 9.19. The van der Waals surface area contributed by atoms with E-state index < -0.39 is 29.4 Å². The average Bonchev–Trinajstić information content (AvgIpc) is 3.33. The highest BCUT2D eigenvalue weighted by Gasteiger charge is 2.31. The zero-order valence-electron chi connectivity index (χ0n) is 22.4. The molecule has 4 rings (SSSR count). The van der Waals surface area contributed by atoms with Crippen molar-refractivity contribution in [3.05, 3.63) is 100 Å². The van der Waals surface area contributed by atoms with Gasteiger partial charge in [0.25, 0.3) is 0 Å². The van der Waals surface area contributed by atoms with Crippen molar-refractivity contribution < 1.29 is 45.1 Å². The summed E-state index contributed by atoms with van der Waals surface area (Å²) >= 11 is 1.41. The molecule has 0 spiro atoms. The van der Waals surface area contributed by atoms with Crippen molar-refractivity contribution in [2.75, 3.05) is 13.2 Å². The third kappa shape index (κ3) is 7.87. The monoisotopic (exact) mass is 609 g/mol. The third-order valence-electron chi connectivity index (χ3n) is 6.18. The molecule has 5 nitrogen and oxygen atoms in total. The second-order valence-corrected chi connectivity index (χ2v) is 10.2. The zero-order valence-corrected chi connectivity index (χ0v) is 23.3. The topological polar surface area (TPSA) is 61.6 Å². The summed E-state index contributed by atoms with van der Waals surface area (Å²) in [4.78, 5) is 12.4. The lowest BCUT2D eigenvalue weighted by Crippen LogP contribution is -2.14. The van der Waals surface area contributed by atoms with E-state index in [9.17, 15) is 31.1 Å². The summed E-state index contributed by atoms with van der Waals surface area (Å²) in [5, 5.41) is 4.16. The number of nitrogens with zero attached hydrogens (tertiary/aromatic N) is 1. The average molecular weight is 610 g/mol. The predicted molar refractivity (Wildman–Crippen MR) is 144 cm³/mol. The minimum atomic E-state index is -4.51. The van der Waals surface area contributed by atoms with Crippen molar-refractivity contribution in [1.82, 2.24) is 5.16 Å². The van der Waals surface area contributed by atoms with E-state index in [-0.39, 0.29) is 25.4 Å². The Labute approximate surface area is 241 Å². The van der Waals surface area contributed by atoms with Crippen LogP contribution in [0.15, 0.2) is 76.1 Å². The van der Waals surface area contributed by atoms with Gasteiger partial charge in [0.05, 0.1) is 23.4 Å². The number of hydrogen-bond acceptors (Lipinski definition) is 6. The van der Waals surface area contributed by atoms with E-state index in [1.54, 1.807) is 19.1 Å². The minimum absolute atomic E-state index is 0.146. The van der Waals surface area contributed by atoms with Crippen molar-refractivity contribution >= 4 is 17.7 Å². The number of hydrogen-bond donors (Lipinski definition) is 0. The molecule has 0 aliphatic rings. The Morgan fingerprint density at radius 3 is 2.10 bits per heavy atom. The van der Waals surface area contributed by atoms with Crippen LogP contribution < -0.4 is 4.74 Å². The van der Waals surface area contributed by atoms with Crippen molar-refractivity contribution in [3.63, 3.8) is 0 Å². The van der Waals surface area contributed by atoms with Crippen LogP contribution in [0, 0.1) is 6.92 Å². The molecule has 0 bridgehead atoms. The first kappa shape index (κ1) is 31.0. The van der Waals surface area contributed by atoms with Gasteiger partial charge in [0.2, 0.25) is 0 Å². The summed E-state index contributed by atoms with van der Waals surface area (Å²) < 4.78 is 94.4. The van der Waals surface area contributed by atoms with Crippen LogP contribution in [0.3, 0.4) is 0 Å². The number of alkyl halides is 6. The summed E-state index contributed by atoms with van der Waals surface area (Å²) in [6, 6.07) is 14.4. The van der Waals surface area contributed by atoms with E-state index in [1.165, 1.54) is 36.0 Å². The van der Waals surface area contributed by atoms with Crippen LogP contribution in [-0.4, -0.2) is 24.3 Å². The van der Waals surface area contributed by atoms with E-state index in [0.717, 1.165) is 34.7 Å². The molecule has 3 aromatic carbocycles. The lowest BCUT2D eigenvalue weighted by molar-refractivity contribution is -0.145. The maximum absolute atomic E-state index is 13.1. The SMILES string of the molecule is CCOC(=O)COc1ccc(SCc2noc(-c3ccc(C(F)(F)F)cc3)c2Cc2ccc(C(F)(F)F)cc2)cc1C. The predicted octanol–water partition coefficient (Wildman–Crippen LogP) is 8.51. The zero-order chi connectivity index (χ0) is 30.5. The second kappa shape index (κ2) is 12.9. The van der Waals surface area contributed by atoms with Gasteiger partial charge in [0, 0.05) is 28.2 Å². The molecular formula is C30H25F6NO4S. The summed E-state index contributed by atoms with van der Waals surface area (Å²) in [6.45, 7) is 3.55. The van der Waals surface area contributed by atoms with Crippen LogP contribution in [0.2, 0.25) is 0 Å². The molecule has 1 aromatic heterocycles. The summed E-state index contributed by atoms with van der Waals surface area (Å²) in [6.07, 6.45) is -8.85. The van der Waals surface area contributed by atoms with E-state index in [4.69, 9.17) is 14.0 Å². The fraction of sp³-hybridized carbons (Fsp3) is 0.267. The first-order chi connectivity index (χ1) is 19.8. The standard InChI is InChI=1S/C30H25F6NO4S/c1-3-39-27(38)16-40-26-13-12-23(14-18(26)2)42-17-25-24(15-19-4-8-21(9-5-19)29(31,32)33)28(41-37-25)20-6-10-22(11-7-20)30(34,35)36/h4-14H,3,15-17H2,1-2H3. The first-order valence-electron chi connectivity index (χ1n) is 12.7. The molecule has 4 aromatic rings. The van der Waals surface area contributed by atoms with Gasteiger partial charge in [-0.15, -0.1) is 11.8 Å². The smallest absolute Gasteiger partial charge is 0.416 e. The molecule has 0 aliphatic heterocycles. The molecule has 0 fully saturated rings. The Bertz CT molecular complexity index is 1510. The van der Waals surface area contributed by atoms with Gasteiger partial charge in [-0.1, -0.05) is 29.4 Å². The van der Waals surface area contributed by atoms with Crippen LogP contribution in [0.25, 0.3) is 11.3 Å². The number of thioether (sulfide) groups is 1. The van der Waals surface area contributed by atoms with Crippen molar-refractivity contribution in [2.45, 2.75) is 43.3 Å². The molecule has 0 radical (unpaired) electrons. The fourth-order valence-corrected chi connectivity index (χ4v) is 5.01. The van der Waals surface area contributed by atoms with Gasteiger partial charge in [0.1, 0.15) is 5.75 Å². The molecule has 0 atom stereocenters. The van der Waals surface area contributed by atoms with E-state index in [0.29, 0.717) is 33.9 Å². The molecule has 0 saturated carbocycles. The molecule has 0 saturated heterocycles. The van der Waals surface area contributed by atoms with Crippen LogP contribution >= 0.6 is 11.8 Å². The van der Waals surface area contributed by atoms with Gasteiger partial charge in [-0.05, 0) is 67.4 Å². The Kier molecular flexibility index (Phi) is 9.55. The quantitative estimate of drug-likeness (QED) is 0.102. The van der Waals surface area contributed by atoms with E-state index in [2.05, 4.69) is 5.16 Å². The number of ether oxygens (including phenoxy) is 2.